The molecule has 0 saturated carbocycles. The van der Waals surface area contributed by atoms with Gasteiger partial charge in [-0.25, -0.2) is 9.59 Å². The van der Waals surface area contributed by atoms with Gasteiger partial charge < -0.3 is 25.3 Å². The second-order valence-electron chi connectivity index (χ2n) is 9.68. The summed E-state index contributed by atoms with van der Waals surface area (Å²) in [4.78, 5) is 39.6. The molecule has 3 rings (SSSR count). The molecule has 0 bridgehead atoms. The van der Waals surface area contributed by atoms with Gasteiger partial charge in [0, 0.05) is 36.2 Å². The van der Waals surface area contributed by atoms with Crippen molar-refractivity contribution < 1.29 is 28.7 Å². The van der Waals surface area contributed by atoms with Gasteiger partial charge in [-0.1, -0.05) is 30.3 Å². The lowest BCUT2D eigenvalue weighted by molar-refractivity contribution is -0.384. The minimum absolute atomic E-state index is 0.0847. The lowest BCUT2D eigenvalue weighted by Gasteiger charge is -2.21. The second-order valence-corrected chi connectivity index (χ2v) is 9.68. The minimum atomic E-state index is -0.655. The number of nitrogens with zero attached hydrogens (tertiary/aromatic N) is 2. The van der Waals surface area contributed by atoms with Crippen molar-refractivity contribution in [3.05, 3.63) is 88.2 Å². The van der Waals surface area contributed by atoms with Crippen molar-refractivity contribution in [3.8, 4) is 11.1 Å². The number of non-ortho nitro benzene ring substituents is 1. The molecule has 3 N–H and O–H groups in total. The summed E-state index contributed by atoms with van der Waals surface area (Å²) in [6, 6.07) is 16.3. The topological polar surface area (TPSA) is 156 Å². The first-order valence-corrected chi connectivity index (χ1v) is 12.3. The van der Waals surface area contributed by atoms with Gasteiger partial charge in [-0.15, -0.1) is 0 Å². The van der Waals surface area contributed by atoms with Crippen LogP contribution in [0.3, 0.4) is 0 Å². The molecular formula is C28H32N4O7. The number of amides is 1. The number of carbonyl (C=O) groups excluding carboxylic acids is 2. The highest BCUT2D eigenvalue weighted by Crippen LogP contribution is 2.30. The van der Waals surface area contributed by atoms with Gasteiger partial charge in [-0.2, -0.15) is 0 Å². The lowest BCUT2D eigenvalue weighted by atomic mass is 10.0. The summed E-state index contributed by atoms with van der Waals surface area (Å²) in [6.45, 7) is 5.26. The Morgan fingerprint density at radius 3 is 2.51 bits per heavy atom. The first kappa shape index (κ1) is 29.1. The highest BCUT2D eigenvalue weighted by molar-refractivity contribution is 5.78. The normalized spacial score (nSPS) is 11.9. The second kappa shape index (κ2) is 13.3. The van der Waals surface area contributed by atoms with Crippen LogP contribution in [0.5, 0.6) is 0 Å². The number of pyridine rings is 1. The van der Waals surface area contributed by atoms with E-state index in [0.717, 1.165) is 5.56 Å². The van der Waals surface area contributed by atoms with Crippen LogP contribution in [-0.4, -0.2) is 40.8 Å². The summed E-state index contributed by atoms with van der Waals surface area (Å²) in [5.74, 6) is -0.497. The number of nitro benzene ring substituents is 1. The molecule has 0 unspecified atom stereocenters. The van der Waals surface area contributed by atoms with Crippen molar-refractivity contribution >= 4 is 23.4 Å². The molecule has 206 valence electrons. The molecule has 0 saturated heterocycles. The summed E-state index contributed by atoms with van der Waals surface area (Å²) >= 11 is 0. The monoisotopic (exact) mass is 536 g/mol. The van der Waals surface area contributed by atoms with Crippen molar-refractivity contribution in [1.82, 2.24) is 10.3 Å². The van der Waals surface area contributed by atoms with Gasteiger partial charge in [0.1, 0.15) is 18.8 Å². The van der Waals surface area contributed by atoms with Crippen molar-refractivity contribution in [2.24, 2.45) is 0 Å². The van der Waals surface area contributed by atoms with Crippen LogP contribution in [0.15, 0.2) is 66.9 Å². The zero-order valence-electron chi connectivity index (χ0n) is 22.1. The Labute approximate surface area is 226 Å². The van der Waals surface area contributed by atoms with Crippen LogP contribution in [0.25, 0.3) is 11.1 Å². The van der Waals surface area contributed by atoms with E-state index in [1.54, 1.807) is 45.2 Å². The average molecular weight is 537 g/mol. The Morgan fingerprint density at radius 1 is 1.10 bits per heavy atom. The van der Waals surface area contributed by atoms with Gasteiger partial charge in [0.15, 0.2) is 0 Å². The molecule has 0 radical (unpaired) electrons. The molecule has 0 fully saturated rings. The van der Waals surface area contributed by atoms with Crippen LogP contribution in [-0.2, 0) is 25.6 Å². The Bertz CT molecular complexity index is 1290. The van der Waals surface area contributed by atoms with Crippen molar-refractivity contribution in [2.75, 3.05) is 18.9 Å². The van der Waals surface area contributed by atoms with Crippen LogP contribution < -0.4 is 11.1 Å². The number of esters is 1. The quantitative estimate of drug-likeness (QED) is 0.114. The maximum atomic E-state index is 12.6. The fourth-order valence-electron chi connectivity index (χ4n) is 3.66. The molecule has 11 heteroatoms. The number of aromatic nitrogens is 1. The number of benzene rings is 2. The molecular weight excluding hydrogens is 504 g/mol. The first-order valence-electron chi connectivity index (χ1n) is 12.3. The van der Waals surface area contributed by atoms with Gasteiger partial charge in [-0.3, -0.25) is 15.1 Å². The van der Waals surface area contributed by atoms with E-state index in [0.29, 0.717) is 16.8 Å². The van der Waals surface area contributed by atoms with Crippen LogP contribution in [0, 0.1) is 10.1 Å². The fourth-order valence-corrected chi connectivity index (χ4v) is 3.66. The maximum absolute atomic E-state index is 12.6. The standard InChI is InChI=1S/C28H32N4O7/c1-28(2,3)39-26(33)18-37-14-12-24(31-27(34)38-17-19-7-5-4-6-8-19)25-15-20(11-13-30-25)22-10-9-21(32(35)36)16-23(22)29/h4-11,13,15-16,24H,12,14,17-18,29H2,1-3H3,(H,31,34)/t24-/m0/s1. The molecule has 1 heterocycles. The maximum Gasteiger partial charge on any atom is 0.408 e. The molecule has 0 aliphatic rings. The van der Waals surface area contributed by atoms with Gasteiger partial charge in [0.05, 0.1) is 16.7 Å². The third-order valence-electron chi connectivity index (χ3n) is 5.39. The molecule has 3 aromatic rings. The third kappa shape index (κ3) is 9.38. The fraction of sp³-hybridized carbons (Fsp3) is 0.321. The molecule has 1 atom stereocenters. The van der Waals surface area contributed by atoms with Gasteiger partial charge in [0.25, 0.3) is 5.69 Å². The number of nitrogens with two attached hydrogens (primary N) is 1. The Morgan fingerprint density at radius 2 is 1.85 bits per heavy atom. The van der Waals surface area contributed by atoms with Gasteiger partial charge in [0.2, 0.25) is 0 Å². The SMILES string of the molecule is CC(C)(C)OC(=O)COCC[C@H](NC(=O)OCc1ccccc1)c1cc(-c2ccc([N+](=O)[O-])cc2N)ccn1. The van der Waals surface area contributed by atoms with E-state index < -0.39 is 28.6 Å². The van der Waals surface area contributed by atoms with Crippen LogP contribution >= 0.6 is 0 Å². The molecule has 1 amide bonds. The average Bonchev–Trinajstić information content (AvgIpc) is 2.88. The van der Waals surface area contributed by atoms with Gasteiger partial charge >= 0.3 is 12.1 Å². The predicted octanol–water partition coefficient (Wildman–Crippen LogP) is 4.95. The molecule has 1 aromatic heterocycles. The molecule has 0 aliphatic heterocycles. The van der Waals surface area contributed by atoms with E-state index in [9.17, 15) is 19.7 Å². The Hall–Kier alpha value is -4.51. The number of alkyl carbamates (subject to hydrolysis) is 1. The van der Waals surface area contributed by atoms with E-state index >= 15 is 0 Å². The molecule has 39 heavy (non-hydrogen) atoms. The summed E-state index contributed by atoms with van der Waals surface area (Å²) in [5.41, 5.74) is 8.13. The van der Waals surface area contributed by atoms with Gasteiger partial charge in [-0.05, 0) is 56.5 Å². The Kier molecular flexibility index (Phi) is 9.93. The summed E-state index contributed by atoms with van der Waals surface area (Å²) in [6.07, 6.45) is 1.17. The zero-order valence-corrected chi connectivity index (χ0v) is 22.1. The van der Waals surface area contributed by atoms with E-state index in [2.05, 4.69) is 10.3 Å². The first-order chi connectivity index (χ1) is 18.5. The lowest BCUT2D eigenvalue weighted by Crippen LogP contribution is -2.31. The van der Waals surface area contributed by atoms with Crippen LogP contribution in [0.2, 0.25) is 0 Å². The summed E-state index contributed by atoms with van der Waals surface area (Å²) in [5, 5.41) is 13.9. The number of ether oxygens (including phenoxy) is 3. The van der Waals surface area contributed by atoms with E-state index in [1.807, 2.05) is 30.3 Å². The molecule has 0 spiro atoms. The Balaban J connectivity index is 1.74. The summed E-state index contributed by atoms with van der Waals surface area (Å²) < 4.78 is 16.1. The molecule has 0 aliphatic carbocycles. The van der Waals surface area contributed by atoms with E-state index in [4.69, 9.17) is 19.9 Å². The number of hydrogen-bond donors (Lipinski definition) is 2. The number of nitrogens with one attached hydrogen (secondary N) is 1. The van der Waals surface area contributed by atoms with Crippen molar-refractivity contribution in [2.45, 2.75) is 45.4 Å². The number of anilines is 1. The predicted molar refractivity (Wildman–Crippen MR) is 145 cm³/mol. The number of hydrogen-bond acceptors (Lipinski definition) is 9. The van der Waals surface area contributed by atoms with Crippen molar-refractivity contribution in [3.63, 3.8) is 0 Å². The smallest absolute Gasteiger partial charge is 0.408 e. The third-order valence-corrected chi connectivity index (χ3v) is 5.39. The number of rotatable bonds is 11. The highest BCUT2D eigenvalue weighted by atomic mass is 16.6. The number of carbonyl (C=O) groups is 2. The van der Waals surface area contributed by atoms with Crippen LogP contribution in [0.4, 0.5) is 16.2 Å². The largest absolute Gasteiger partial charge is 0.458 e. The zero-order chi connectivity index (χ0) is 28.4. The molecule has 11 nitrogen and oxygen atoms in total. The number of nitro groups is 1. The summed E-state index contributed by atoms with van der Waals surface area (Å²) in [7, 11) is 0. The molecule has 2 aromatic carbocycles. The minimum Gasteiger partial charge on any atom is -0.458 e. The highest BCUT2D eigenvalue weighted by Gasteiger charge is 2.20. The van der Waals surface area contributed by atoms with Crippen LogP contribution in [0.1, 0.15) is 44.5 Å². The van der Waals surface area contributed by atoms with Crippen molar-refractivity contribution in [1.29, 1.82) is 0 Å². The number of nitrogen functional groups attached to an aromatic ring is 1. The van der Waals surface area contributed by atoms with E-state index in [1.165, 1.54) is 12.1 Å². The van der Waals surface area contributed by atoms with E-state index in [-0.39, 0.29) is 37.6 Å².